The van der Waals surface area contributed by atoms with Crippen LogP contribution in [0, 0.1) is 12.7 Å². The van der Waals surface area contributed by atoms with Crippen molar-refractivity contribution in [1.29, 1.82) is 0 Å². The van der Waals surface area contributed by atoms with E-state index in [2.05, 4.69) is 12.2 Å². The quantitative estimate of drug-likeness (QED) is 0.803. The van der Waals surface area contributed by atoms with Gasteiger partial charge in [-0.25, -0.2) is 4.39 Å². The number of benzene rings is 1. The average molecular weight is 207 g/mol. The summed E-state index contributed by atoms with van der Waals surface area (Å²) in [6, 6.07) is 5.62. The number of likely N-dealkylation sites (N-methyl/N-ethyl adjacent to an activating group) is 1. The fourth-order valence-electron chi connectivity index (χ4n) is 1.31. The zero-order valence-corrected chi connectivity index (χ0v) is 9.76. The molecule has 2 heteroatoms. The van der Waals surface area contributed by atoms with E-state index in [1.807, 2.05) is 26.1 Å². The van der Waals surface area contributed by atoms with Gasteiger partial charge in [-0.15, -0.1) is 0 Å². The molecule has 15 heavy (non-hydrogen) atoms. The van der Waals surface area contributed by atoms with E-state index in [0.717, 1.165) is 5.56 Å². The molecule has 1 unspecified atom stereocenters. The predicted molar refractivity (Wildman–Crippen MR) is 63.3 cm³/mol. The van der Waals surface area contributed by atoms with E-state index in [1.165, 1.54) is 5.57 Å². The van der Waals surface area contributed by atoms with Gasteiger partial charge < -0.3 is 5.32 Å². The van der Waals surface area contributed by atoms with Crippen molar-refractivity contribution in [2.45, 2.75) is 26.8 Å². The molecule has 82 valence electrons. The van der Waals surface area contributed by atoms with Crippen LogP contribution in [-0.2, 0) is 0 Å². The van der Waals surface area contributed by atoms with Crippen LogP contribution < -0.4 is 5.32 Å². The standard InChI is InChI=1S/C13H18FN/c1-9-5-6-12(8-13(9)14)7-10(2)11(3)15-4/h5-8,11,15H,1-4H3/b10-7+. The first-order chi connectivity index (χ1) is 7.04. The van der Waals surface area contributed by atoms with Crippen molar-refractivity contribution in [2.24, 2.45) is 0 Å². The molecule has 0 amide bonds. The van der Waals surface area contributed by atoms with Gasteiger partial charge in [-0.3, -0.25) is 0 Å². The molecule has 0 aliphatic carbocycles. The Balaban J connectivity index is 2.93. The highest BCUT2D eigenvalue weighted by Crippen LogP contribution is 2.13. The Morgan fingerprint density at radius 3 is 2.67 bits per heavy atom. The molecule has 0 aliphatic rings. The first kappa shape index (κ1) is 11.9. The van der Waals surface area contributed by atoms with Crippen LogP contribution in [0.2, 0.25) is 0 Å². The molecule has 0 saturated heterocycles. The third-order valence-electron chi connectivity index (χ3n) is 2.71. The van der Waals surface area contributed by atoms with Crippen LogP contribution in [0.1, 0.15) is 25.0 Å². The topological polar surface area (TPSA) is 12.0 Å². The molecular weight excluding hydrogens is 189 g/mol. The van der Waals surface area contributed by atoms with Gasteiger partial charge in [0.1, 0.15) is 5.82 Å². The molecule has 0 bridgehead atoms. The van der Waals surface area contributed by atoms with Crippen molar-refractivity contribution in [3.8, 4) is 0 Å². The second kappa shape index (κ2) is 5.08. The minimum atomic E-state index is -0.145. The molecule has 0 aromatic heterocycles. The second-order valence-corrected chi connectivity index (χ2v) is 3.91. The zero-order valence-electron chi connectivity index (χ0n) is 9.76. The van der Waals surface area contributed by atoms with E-state index in [4.69, 9.17) is 0 Å². The predicted octanol–water partition coefficient (Wildman–Crippen LogP) is 3.15. The minimum absolute atomic E-state index is 0.145. The highest BCUT2D eigenvalue weighted by molar-refractivity contribution is 5.54. The number of aryl methyl sites for hydroxylation is 1. The van der Waals surface area contributed by atoms with Gasteiger partial charge in [0.2, 0.25) is 0 Å². The van der Waals surface area contributed by atoms with Crippen molar-refractivity contribution in [2.75, 3.05) is 7.05 Å². The molecule has 0 spiro atoms. The largest absolute Gasteiger partial charge is 0.314 e. The maximum absolute atomic E-state index is 13.3. The Kier molecular flexibility index (Phi) is 4.04. The first-order valence-corrected chi connectivity index (χ1v) is 5.16. The Labute approximate surface area is 91.0 Å². The van der Waals surface area contributed by atoms with Crippen molar-refractivity contribution in [1.82, 2.24) is 5.32 Å². The Hall–Kier alpha value is -1.15. The molecule has 1 N–H and O–H groups in total. The van der Waals surface area contributed by atoms with Crippen LogP contribution in [0.5, 0.6) is 0 Å². The van der Waals surface area contributed by atoms with Crippen molar-refractivity contribution < 1.29 is 4.39 Å². The summed E-state index contributed by atoms with van der Waals surface area (Å²) in [5, 5.41) is 3.15. The smallest absolute Gasteiger partial charge is 0.126 e. The number of nitrogens with one attached hydrogen (secondary N) is 1. The van der Waals surface area contributed by atoms with Crippen molar-refractivity contribution >= 4 is 6.08 Å². The van der Waals surface area contributed by atoms with Gasteiger partial charge in [-0.1, -0.05) is 23.8 Å². The fraction of sp³-hybridized carbons (Fsp3) is 0.385. The lowest BCUT2D eigenvalue weighted by Gasteiger charge is -2.10. The fourth-order valence-corrected chi connectivity index (χ4v) is 1.31. The molecule has 0 saturated carbocycles. The van der Waals surface area contributed by atoms with Gasteiger partial charge in [-0.05, 0) is 45.0 Å². The van der Waals surface area contributed by atoms with Crippen LogP contribution in [0.15, 0.2) is 23.8 Å². The van der Waals surface area contributed by atoms with E-state index in [1.54, 1.807) is 19.1 Å². The maximum Gasteiger partial charge on any atom is 0.126 e. The maximum atomic E-state index is 13.3. The van der Waals surface area contributed by atoms with Crippen molar-refractivity contribution in [3.05, 3.63) is 40.7 Å². The molecule has 1 aromatic carbocycles. The second-order valence-electron chi connectivity index (χ2n) is 3.91. The summed E-state index contributed by atoms with van der Waals surface area (Å²) in [7, 11) is 1.91. The van der Waals surface area contributed by atoms with Gasteiger partial charge in [0, 0.05) is 6.04 Å². The lowest BCUT2D eigenvalue weighted by Crippen LogP contribution is -2.21. The lowest BCUT2D eigenvalue weighted by atomic mass is 10.1. The summed E-state index contributed by atoms with van der Waals surface area (Å²) in [4.78, 5) is 0. The lowest BCUT2D eigenvalue weighted by molar-refractivity contribution is 0.618. The molecule has 0 radical (unpaired) electrons. The van der Waals surface area contributed by atoms with E-state index in [0.29, 0.717) is 11.6 Å². The third-order valence-corrected chi connectivity index (χ3v) is 2.71. The Bertz CT molecular complexity index is 369. The third kappa shape index (κ3) is 3.17. The summed E-state index contributed by atoms with van der Waals surface area (Å²) in [6.45, 7) is 5.89. The van der Waals surface area contributed by atoms with Crippen LogP contribution >= 0.6 is 0 Å². The van der Waals surface area contributed by atoms with Gasteiger partial charge in [0.25, 0.3) is 0 Å². The average Bonchev–Trinajstić information content (AvgIpc) is 2.22. The van der Waals surface area contributed by atoms with E-state index in [-0.39, 0.29) is 5.82 Å². The molecule has 1 aromatic rings. The van der Waals surface area contributed by atoms with Gasteiger partial charge >= 0.3 is 0 Å². The van der Waals surface area contributed by atoms with E-state index in [9.17, 15) is 4.39 Å². The molecule has 1 atom stereocenters. The monoisotopic (exact) mass is 207 g/mol. The summed E-state index contributed by atoms with van der Waals surface area (Å²) in [5.74, 6) is -0.145. The molecule has 0 fully saturated rings. The molecular formula is C13H18FN. The Morgan fingerprint density at radius 2 is 2.13 bits per heavy atom. The summed E-state index contributed by atoms with van der Waals surface area (Å²) in [6.07, 6.45) is 2.00. The molecule has 1 rings (SSSR count). The van der Waals surface area contributed by atoms with Crippen molar-refractivity contribution in [3.63, 3.8) is 0 Å². The number of hydrogen-bond donors (Lipinski definition) is 1. The molecule has 0 heterocycles. The summed E-state index contributed by atoms with van der Waals surface area (Å²) >= 11 is 0. The molecule has 1 nitrogen and oxygen atoms in total. The van der Waals surface area contributed by atoms with Gasteiger partial charge in [-0.2, -0.15) is 0 Å². The van der Waals surface area contributed by atoms with Crippen LogP contribution in [-0.4, -0.2) is 13.1 Å². The van der Waals surface area contributed by atoms with Crippen LogP contribution in [0.25, 0.3) is 6.08 Å². The highest BCUT2D eigenvalue weighted by Gasteiger charge is 2.01. The van der Waals surface area contributed by atoms with Gasteiger partial charge in [0.05, 0.1) is 0 Å². The van der Waals surface area contributed by atoms with E-state index >= 15 is 0 Å². The normalized spacial score (nSPS) is 14.1. The number of hydrogen-bond acceptors (Lipinski definition) is 1. The molecule has 0 aliphatic heterocycles. The SMILES string of the molecule is CNC(C)/C(C)=C/c1ccc(C)c(F)c1. The zero-order chi connectivity index (χ0) is 11.4. The van der Waals surface area contributed by atoms with Crippen LogP contribution in [0.3, 0.4) is 0 Å². The number of rotatable bonds is 3. The summed E-state index contributed by atoms with van der Waals surface area (Å²) < 4.78 is 13.3. The first-order valence-electron chi connectivity index (χ1n) is 5.16. The number of halogens is 1. The van der Waals surface area contributed by atoms with Gasteiger partial charge in [0.15, 0.2) is 0 Å². The van der Waals surface area contributed by atoms with E-state index < -0.39 is 0 Å². The van der Waals surface area contributed by atoms with Crippen LogP contribution in [0.4, 0.5) is 4.39 Å². The minimum Gasteiger partial charge on any atom is -0.314 e. The Morgan fingerprint density at radius 1 is 1.47 bits per heavy atom. The highest BCUT2D eigenvalue weighted by atomic mass is 19.1. The summed E-state index contributed by atoms with van der Waals surface area (Å²) in [5.41, 5.74) is 2.80.